The smallest absolute Gasteiger partial charge is 0.137 e. The minimum Gasteiger partial charge on any atom is -0.382 e. The Morgan fingerprint density at radius 3 is 2.61 bits per heavy atom. The highest BCUT2D eigenvalue weighted by Gasteiger charge is 2.41. The summed E-state index contributed by atoms with van der Waals surface area (Å²) < 4.78 is 31.0. The van der Waals surface area contributed by atoms with Crippen molar-refractivity contribution in [3.8, 4) is 11.8 Å². The van der Waals surface area contributed by atoms with Crippen molar-refractivity contribution in [1.82, 2.24) is 29.8 Å². The summed E-state index contributed by atoms with van der Waals surface area (Å²) in [5.41, 5.74) is -0.360. The van der Waals surface area contributed by atoms with Crippen LogP contribution in [0, 0.1) is 23.0 Å². The summed E-state index contributed by atoms with van der Waals surface area (Å²) in [5, 5.41) is 32.8. The topological polar surface area (TPSA) is 105 Å². The van der Waals surface area contributed by atoms with Gasteiger partial charge in [-0.1, -0.05) is 18.2 Å². The molecule has 156 valence electrons. The van der Waals surface area contributed by atoms with Crippen LogP contribution in [0.2, 0.25) is 0 Å². The second-order valence-electron chi connectivity index (χ2n) is 7.11. The average molecular weight is 421 g/mol. The van der Waals surface area contributed by atoms with Crippen LogP contribution in [0.15, 0.2) is 61.3 Å². The van der Waals surface area contributed by atoms with Crippen molar-refractivity contribution in [3.05, 3.63) is 89.8 Å². The minimum atomic E-state index is -1.82. The Morgan fingerprint density at radius 2 is 1.97 bits per heavy atom. The molecule has 0 spiro atoms. The van der Waals surface area contributed by atoms with Gasteiger partial charge in [0.25, 0.3) is 0 Å². The number of benzene rings is 2. The average Bonchev–Trinajstić information content (AvgIpc) is 3.45. The van der Waals surface area contributed by atoms with Crippen molar-refractivity contribution < 1.29 is 13.9 Å². The molecule has 2 aromatic carbocycles. The van der Waals surface area contributed by atoms with E-state index in [0.717, 1.165) is 12.1 Å². The highest BCUT2D eigenvalue weighted by molar-refractivity contribution is 5.39. The van der Waals surface area contributed by atoms with Gasteiger partial charge in [0.2, 0.25) is 0 Å². The van der Waals surface area contributed by atoms with Crippen LogP contribution in [0.4, 0.5) is 8.78 Å². The molecule has 2 heterocycles. The molecule has 0 aliphatic carbocycles. The van der Waals surface area contributed by atoms with Gasteiger partial charge in [-0.3, -0.25) is 0 Å². The molecule has 0 saturated carbocycles. The molecule has 0 unspecified atom stereocenters. The number of halogens is 2. The Balaban J connectivity index is 1.73. The van der Waals surface area contributed by atoms with Gasteiger partial charge >= 0.3 is 0 Å². The maximum absolute atomic E-state index is 14.7. The maximum atomic E-state index is 14.7. The summed E-state index contributed by atoms with van der Waals surface area (Å²) in [4.78, 5) is 3.86. The zero-order chi connectivity index (χ0) is 22.0. The van der Waals surface area contributed by atoms with E-state index in [1.807, 2.05) is 6.07 Å². The second-order valence-corrected chi connectivity index (χ2v) is 7.11. The summed E-state index contributed by atoms with van der Waals surface area (Å²) in [7, 11) is 0. The van der Waals surface area contributed by atoms with E-state index < -0.39 is 23.2 Å². The third-order valence-corrected chi connectivity index (χ3v) is 5.20. The lowest BCUT2D eigenvalue weighted by molar-refractivity contribution is -0.0123. The Hall–Kier alpha value is -3.97. The first-order valence-electron chi connectivity index (χ1n) is 9.34. The standard InChI is InChI=1S/C21H17F2N7O/c1-14(20-10-30(28-27-20)17-5-2-15(9-24)3-6-17)21(31,11-29-13-25-12-26-29)18-7-4-16(22)8-19(18)23/h2-8,10,12-14,31H,11H2,1H3/t14-,21+/m0/s1. The van der Waals surface area contributed by atoms with Crippen molar-refractivity contribution in [2.45, 2.75) is 25.0 Å². The summed E-state index contributed by atoms with van der Waals surface area (Å²) in [6.07, 6.45) is 4.31. The number of nitriles is 1. The number of rotatable bonds is 6. The molecule has 2 atom stereocenters. The van der Waals surface area contributed by atoms with Gasteiger partial charge in [-0.05, 0) is 30.3 Å². The normalized spacial score (nSPS) is 14.0. The summed E-state index contributed by atoms with van der Waals surface area (Å²) in [6.45, 7) is 1.54. The fourth-order valence-electron chi connectivity index (χ4n) is 3.39. The molecule has 0 aliphatic rings. The molecule has 1 N–H and O–H groups in total. The highest BCUT2D eigenvalue weighted by atomic mass is 19.1. The third-order valence-electron chi connectivity index (χ3n) is 5.20. The lowest BCUT2D eigenvalue weighted by Crippen LogP contribution is -2.38. The van der Waals surface area contributed by atoms with Crippen LogP contribution in [-0.2, 0) is 12.1 Å². The lowest BCUT2D eigenvalue weighted by Gasteiger charge is -2.33. The molecule has 31 heavy (non-hydrogen) atoms. The number of hydrogen-bond donors (Lipinski definition) is 1. The SMILES string of the molecule is C[C@@H](c1cn(-c2ccc(C#N)cc2)nn1)[C@](O)(Cn1cncn1)c1ccc(F)cc1F. The zero-order valence-electron chi connectivity index (χ0n) is 16.4. The van der Waals surface area contributed by atoms with Crippen molar-refractivity contribution in [1.29, 1.82) is 5.26 Å². The van der Waals surface area contributed by atoms with Crippen molar-refractivity contribution in [2.24, 2.45) is 0 Å². The molecular weight excluding hydrogens is 404 g/mol. The molecule has 8 nitrogen and oxygen atoms in total. The van der Waals surface area contributed by atoms with Gasteiger partial charge in [0.05, 0.1) is 35.8 Å². The number of nitrogens with zero attached hydrogens (tertiary/aromatic N) is 7. The number of aliphatic hydroxyl groups is 1. The van der Waals surface area contributed by atoms with E-state index in [9.17, 15) is 13.9 Å². The Kier molecular flexibility index (Phi) is 5.27. The Morgan fingerprint density at radius 1 is 1.19 bits per heavy atom. The molecule has 0 amide bonds. The minimum absolute atomic E-state index is 0.0928. The second kappa shape index (κ2) is 8.04. The largest absolute Gasteiger partial charge is 0.382 e. The summed E-state index contributed by atoms with van der Waals surface area (Å²) >= 11 is 0. The fraction of sp³-hybridized carbons (Fsp3) is 0.190. The molecule has 4 aromatic rings. The summed E-state index contributed by atoms with van der Waals surface area (Å²) in [5.74, 6) is -2.37. The van der Waals surface area contributed by atoms with Gasteiger partial charge in [0.15, 0.2) is 0 Å². The molecule has 2 aromatic heterocycles. The highest BCUT2D eigenvalue weighted by Crippen LogP contribution is 2.39. The maximum Gasteiger partial charge on any atom is 0.137 e. The first kappa shape index (κ1) is 20.3. The first-order valence-corrected chi connectivity index (χ1v) is 9.34. The Bertz CT molecular complexity index is 1230. The van der Waals surface area contributed by atoms with Crippen molar-refractivity contribution >= 4 is 0 Å². The van der Waals surface area contributed by atoms with Crippen LogP contribution < -0.4 is 0 Å². The van der Waals surface area contributed by atoms with Crippen LogP contribution in [0.25, 0.3) is 5.69 Å². The van der Waals surface area contributed by atoms with E-state index >= 15 is 0 Å². The number of hydrogen-bond acceptors (Lipinski definition) is 6. The van der Waals surface area contributed by atoms with Gasteiger partial charge in [-0.15, -0.1) is 5.10 Å². The van der Waals surface area contributed by atoms with E-state index in [0.29, 0.717) is 16.9 Å². The van der Waals surface area contributed by atoms with Gasteiger partial charge in [-0.25, -0.2) is 23.1 Å². The van der Waals surface area contributed by atoms with Crippen molar-refractivity contribution in [2.75, 3.05) is 0 Å². The van der Waals surface area contributed by atoms with E-state index in [-0.39, 0.29) is 12.1 Å². The molecule has 4 rings (SSSR count). The molecule has 0 radical (unpaired) electrons. The van der Waals surface area contributed by atoms with E-state index in [1.165, 1.54) is 28.1 Å². The monoisotopic (exact) mass is 421 g/mol. The zero-order valence-corrected chi connectivity index (χ0v) is 16.4. The van der Waals surface area contributed by atoms with Gasteiger partial charge < -0.3 is 5.11 Å². The fourth-order valence-corrected chi connectivity index (χ4v) is 3.39. The third kappa shape index (κ3) is 3.91. The molecular formula is C21H17F2N7O. The van der Waals surface area contributed by atoms with E-state index in [4.69, 9.17) is 5.26 Å². The molecule has 0 aliphatic heterocycles. The van der Waals surface area contributed by atoms with Crippen LogP contribution in [-0.4, -0.2) is 34.9 Å². The van der Waals surface area contributed by atoms with Gasteiger partial charge in [0, 0.05) is 17.5 Å². The van der Waals surface area contributed by atoms with Gasteiger partial charge in [-0.2, -0.15) is 10.4 Å². The van der Waals surface area contributed by atoms with Crippen LogP contribution >= 0.6 is 0 Å². The predicted molar refractivity (Wildman–Crippen MR) is 105 cm³/mol. The summed E-state index contributed by atoms with van der Waals surface area (Å²) in [6, 6.07) is 11.8. The van der Waals surface area contributed by atoms with Crippen LogP contribution in [0.5, 0.6) is 0 Å². The first-order chi connectivity index (χ1) is 14.9. The van der Waals surface area contributed by atoms with E-state index in [1.54, 1.807) is 37.4 Å². The van der Waals surface area contributed by atoms with E-state index in [2.05, 4.69) is 20.4 Å². The number of aromatic nitrogens is 6. The quantitative estimate of drug-likeness (QED) is 0.513. The lowest BCUT2D eigenvalue weighted by atomic mass is 9.80. The van der Waals surface area contributed by atoms with Crippen molar-refractivity contribution in [3.63, 3.8) is 0 Å². The molecule has 10 heteroatoms. The van der Waals surface area contributed by atoms with Gasteiger partial charge in [0.1, 0.15) is 29.9 Å². The molecule has 0 saturated heterocycles. The molecule has 0 bridgehead atoms. The van der Waals surface area contributed by atoms with Crippen LogP contribution in [0.1, 0.15) is 29.7 Å². The van der Waals surface area contributed by atoms with Crippen LogP contribution in [0.3, 0.4) is 0 Å². The molecule has 0 fully saturated rings. The predicted octanol–water partition coefficient (Wildman–Crippen LogP) is 2.70. The Labute approximate surface area is 176 Å².